The van der Waals surface area contributed by atoms with Crippen LogP contribution in [0.25, 0.3) is 11.4 Å². The van der Waals surface area contributed by atoms with E-state index in [0.29, 0.717) is 16.5 Å². The van der Waals surface area contributed by atoms with E-state index in [2.05, 4.69) is 32.6 Å². The van der Waals surface area contributed by atoms with E-state index in [9.17, 15) is 4.39 Å². The Labute approximate surface area is 124 Å². The van der Waals surface area contributed by atoms with Crippen molar-refractivity contribution in [3.05, 3.63) is 44.0 Å². The highest BCUT2D eigenvalue weighted by Crippen LogP contribution is 2.25. The van der Waals surface area contributed by atoms with Crippen LogP contribution >= 0.6 is 34.2 Å². The highest BCUT2D eigenvalue weighted by molar-refractivity contribution is 14.1. The molecule has 0 saturated carbocycles. The predicted molar refractivity (Wildman–Crippen MR) is 79.3 cm³/mol. The Morgan fingerprint density at radius 1 is 1.28 bits per heavy atom. The first-order chi connectivity index (χ1) is 8.51. The van der Waals surface area contributed by atoms with Gasteiger partial charge in [0.25, 0.3) is 0 Å². The standard InChI is InChI=1S/C13H11ClFIN2/c1-3-10-11(16)12(14)18-13(17-10)8-4-7(2)5-9(15)6-8/h4-6H,3H2,1-2H3. The number of aryl methyl sites for hydroxylation is 2. The van der Waals surface area contributed by atoms with Gasteiger partial charge in [0, 0.05) is 5.56 Å². The molecule has 0 amide bonds. The number of benzene rings is 1. The Morgan fingerprint density at radius 2 is 2.00 bits per heavy atom. The lowest BCUT2D eigenvalue weighted by Gasteiger charge is -2.07. The summed E-state index contributed by atoms with van der Waals surface area (Å²) in [6, 6.07) is 4.74. The average Bonchev–Trinajstić information content (AvgIpc) is 2.31. The van der Waals surface area contributed by atoms with Crippen LogP contribution in [0.3, 0.4) is 0 Å². The topological polar surface area (TPSA) is 25.8 Å². The zero-order valence-corrected chi connectivity index (χ0v) is 12.9. The molecule has 0 N–H and O–H groups in total. The van der Waals surface area contributed by atoms with Gasteiger partial charge < -0.3 is 0 Å². The van der Waals surface area contributed by atoms with E-state index in [1.807, 2.05) is 19.9 Å². The molecule has 0 aliphatic rings. The summed E-state index contributed by atoms with van der Waals surface area (Å²) in [6.45, 7) is 3.84. The highest BCUT2D eigenvalue weighted by Gasteiger charge is 2.11. The second kappa shape index (κ2) is 5.48. The first kappa shape index (κ1) is 13.7. The van der Waals surface area contributed by atoms with Gasteiger partial charge in [-0.05, 0) is 59.7 Å². The fourth-order valence-electron chi connectivity index (χ4n) is 1.69. The van der Waals surface area contributed by atoms with Gasteiger partial charge in [-0.3, -0.25) is 0 Å². The number of hydrogen-bond donors (Lipinski definition) is 0. The van der Waals surface area contributed by atoms with Gasteiger partial charge in [-0.25, -0.2) is 14.4 Å². The third kappa shape index (κ3) is 2.80. The Morgan fingerprint density at radius 3 is 2.61 bits per heavy atom. The summed E-state index contributed by atoms with van der Waals surface area (Å²) in [6.07, 6.45) is 0.766. The van der Waals surface area contributed by atoms with Crippen LogP contribution in [-0.2, 0) is 6.42 Å². The van der Waals surface area contributed by atoms with Crippen LogP contribution < -0.4 is 0 Å². The molecule has 5 heteroatoms. The van der Waals surface area contributed by atoms with E-state index < -0.39 is 0 Å². The molecule has 18 heavy (non-hydrogen) atoms. The van der Waals surface area contributed by atoms with E-state index in [1.54, 1.807) is 0 Å². The van der Waals surface area contributed by atoms with E-state index in [4.69, 9.17) is 11.6 Å². The smallest absolute Gasteiger partial charge is 0.161 e. The lowest BCUT2D eigenvalue weighted by molar-refractivity contribution is 0.627. The lowest BCUT2D eigenvalue weighted by Crippen LogP contribution is -2.00. The van der Waals surface area contributed by atoms with E-state index in [-0.39, 0.29) is 5.82 Å². The summed E-state index contributed by atoms with van der Waals surface area (Å²) >= 11 is 8.20. The highest BCUT2D eigenvalue weighted by atomic mass is 127. The first-order valence-electron chi connectivity index (χ1n) is 5.50. The normalized spacial score (nSPS) is 10.7. The molecule has 2 nitrogen and oxygen atoms in total. The number of hydrogen-bond acceptors (Lipinski definition) is 2. The minimum absolute atomic E-state index is 0.290. The zero-order chi connectivity index (χ0) is 13.3. The third-order valence-electron chi connectivity index (χ3n) is 2.51. The Hall–Kier alpha value is -0.750. The van der Waals surface area contributed by atoms with Gasteiger partial charge in [-0.1, -0.05) is 18.5 Å². The van der Waals surface area contributed by atoms with Crippen molar-refractivity contribution in [1.29, 1.82) is 0 Å². The van der Waals surface area contributed by atoms with Crippen molar-refractivity contribution in [3.63, 3.8) is 0 Å². The number of rotatable bonds is 2. The summed E-state index contributed by atoms with van der Waals surface area (Å²) in [7, 11) is 0. The second-order valence-electron chi connectivity index (χ2n) is 3.97. The van der Waals surface area contributed by atoms with Gasteiger partial charge in [0.2, 0.25) is 0 Å². The van der Waals surface area contributed by atoms with Crippen molar-refractivity contribution in [1.82, 2.24) is 9.97 Å². The number of halogens is 3. The number of aromatic nitrogens is 2. The molecule has 1 aromatic carbocycles. The fraction of sp³-hybridized carbons (Fsp3) is 0.231. The van der Waals surface area contributed by atoms with Gasteiger partial charge in [-0.2, -0.15) is 0 Å². The first-order valence-corrected chi connectivity index (χ1v) is 6.96. The monoisotopic (exact) mass is 376 g/mol. The predicted octanol–water partition coefficient (Wildman–Crippen LogP) is 4.41. The van der Waals surface area contributed by atoms with Crippen LogP contribution in [-0.4, -0.2) is 9.97 Å². The van der Waals surface area contributed by atoms with E-state index in [1.165, 1.54) is 12.1 Å². The van der Waals surface area contributed by atoms with Crippen LogP contribution in [0, 0.1) is 16.3 Å². The van der Waals surface area contributed by atoms with Crippen LogP contribution in [0.5, 0.6) is 0 Å². The molecule has 0 unspecified atom stereocenters. The quantitative estimate of drug-likeness (QED) is 0.573. The van der Waals surface area contributed by atoms with Gasteiger partial charge >= 0.3 is 0 Å². The third-order valence-corrected chi connectivity index (χ3v) is 4.24. The maximum atomic E-state index is 13.4. The van der Waals surface area contributed by atoms with Gasteiger partial charge in [0.15, 0.2) is 5.82 Å². The minimum atomic E-state index is -0.290. The molecule has 1 heterocycles. The maximum absolute atomic E-state index is 13.4. The number of nitrogens with zero attached hydrogens (tertiary/aromatic N) is 2. The van der Waals surface area contributed by atoms with Crippen molar-refractivity contribution < 1.29 is 4.39 Å². The molecular formula is C13H11ClFIN2. The summed E-state index contributed by atoms with van der Waals surface area (Å²) < 4.78 is 14.2. The Kier molecular flexibility index (Phi) is 4.17. The molecule has 0 saturated heterocycles. The Balaban J connectivity index is 2.60. The van der Waals surface area contributed by atoms with Gasteiger partial charge in [0.05, 0.1) is 9.26 Å². The van der Waals surface area contributed by atoms with E-state index >= 15 is 0 Å². The summed E-state index contributed by atoms with van der Waals surface area (Å²) in [5, 5.41) is 0.416. The van der Waals surface area contributed by atoms with Crippen molar-refractivity contribution in [2.75, 3.05) is 0 Å². The molecule has 0 spiro atoms. The lowest BCUT2D eigenvalue weighted by atomic mass is 10.1. The summed E-state index contributed by atoms with van der Waals surface area (Å²) in [4.78, 5) is 8.65. The molecule has 0 radical (unpaired) electrons. The molecule has 0 aliphatic heterocycles. The van der Waals surface area contributed by atoms with Crippen LogP contribution in [0.2, 0.25) is 5.15 Å². The SMILES string of the molecule is CCc1nc(-c2cc(C)cc(F)c2)nc(Cl)c1I. The maximum Gasteiger partial charge on any atom is 0.161 e. The molecule has 2 rings (SSSR count). The molecule has 2 aromatic rings. The molecular weight excluding hydrogens is 366 g/mol. The van der Waals surface area contributed by atoms with Gasteiger partial charge in [-0.15, -0.1) is 0 Å². The van der Waals surface area contributed by atoms with Crippen molar-refractivity contribution in [2.45, 2.75) is 20.3 Å². The van der Waals surface area contributed by atoms with Crippen LogP contribution in [0.1, 0.15) is 18.2 Å². The molecule has 0 fully saturated rings. The molecule has 1 aromatic heterocycles. The molecule has 0 aliphatic carbocycles. The van der Waals surface area contributed by atoms with Crippen LogP contribution in [0.4, 0.5) is 4.39 Å². The van der Waals surface area contributed by atoms with Crippen molar-refractivity contribution >= 4 is 34.2 Å². The van der Waals surface area contributed by atoms with Gasteiger partial charge in [0.1, 0.15) is 11.0 Å². The minimum Gasteiger partial charge on any atom is -0.232 e. The fourth-order valence-corrected chi connectivity index (χ4v) is 2.50. The van der Waals surface area contributed by atoms with Crippen molar-refractivity contribution in [3.8, 4) is 11.4 Å². The Bertz CT molecular complexity index is 582. The summed E-state index contributed by atoms with van der Waals surface area (Å²) in [5.74, 6) is 0.182. The molecule has 0 bridgehead atoms. The second-order valence-corrected chi connectivity index (χ2v) is 5.41. The van der Waals surface area contributed by atoms with E-state index in [0.717, 1.165) is 21.2 Å². The largest absolute Gasteiger partial charge is 0.232 e. The van der Waals surface area contributed by atoms with Crippen LogP contribution in [0.15, 0.2) is 18.2 Å². The molecule has 0 atom stereocenters. The van der Waals surface area contributed by atoms with Crippen molar-refractivity contribution in [2.24, 2.45) is 0 Å². The zero-order valence-electron chi connectivity index (χ0n) is 9.97. The summed E-state index contributed by atoms with van der Waals surface area (Å²) in [5.41, 5.74) is 2.37. The average molecular weight is 377 g/mol. The molecule has 94 valence electrons.